The summed E-state index contributed by atoms with van der Waals surface area (Å²) < 4.78 is 4.98. The fraction of sp³-hybridized carbons (Fsp3) is 0.125. The van der Waals surface area contributed by atoms with Crippen LogP contribution in [0.1, 0.15) is 5.56 Å². The average Bonchev–Trinajstić information content (AvgIpc) is 1.89. The molecule has 0 fully saturated rings. The van der Waals surface area contributed by atoms with Crippen LogP contribution in [-0.4, -0.2) is 7.11 Å². The van der Waals surface area contributed by atoms with Gasteiger partial charge in [0.05, 0.1) is 7.11 Å². The molecule has 1 rings (SSSR count). The van der Waals surface area contributed by atoms with Gasteiger partial charge in [0.15, 0.2) is 0 Å². The Labute approximate surface area is 74.2 Å². The average molecular weight is 187 g/mol. The zero-order chi connectivity index (χ0) is 6.69. The van der Waals surface area contributed by atoms with Gasteiger partial charge in [-0.15, -0.1) is 6.07 Å². The normalized spacial score (nSPS) is 8.10. The van der Waals surface area contributed by atoms with Crippen molar-refractivity contribution in [3.8, 4) is 5.75 Å². The van der Waals surface area contributed by atoms with Crippen molar-refractivity contribution in [1.82, 2.24) is 0 Å². The standard InChI is InChI=1S/C8H9O.Zn/c1-7-5-3-4-6-8(7)9-2;/h3-6H,1H2,2H3;/q-1;. The van der Waals surface area contributed by atoms with Gasteiger partial charge in [-0.1, -0.05) is 12.1 Å². The molecule has 0 N–H and O–H groups in total. The third-order valence-corrected chi connectivity index (χ3v) is 1.19. The molecule has 0 aliphatic rings. The molecule has 0 amide bonds. The van der Waals surface area contributed by atoms with Gasteiger partial charge in [0.2, 0.25) is 0 Å². The van der Waals surface area contributed by atoms with Gasteiger partial charge in [0.1, 0.15) is 0 Å². The SMILES string of the molecule is [CH2-]c1ccccc1OC.[Zn]. The topological polar surface area (TPSA) is 9.23 Å². The molecule has 0 heterocycles. The third-order valence-electron chi connectivity index (χ3n) is 1.19. The summed E-state index contributed by atoms with van der Waals surface area (Å²) >= 11 is 0. The molecule has 0 atom stereocenters. The van der Waals surface area contributed by atoms with Gasteiger partial charge in [0, 0.05) is 25.2 Å². The molecular weight excluding hydrogens is 177 g/mol. The predicted octanol–water partition coefficient (Wildman–Crippen LogP) is 1.87. The first kappa shape index (κ1) is 9.51. The quantitative estimate of drug-likeness (QED) is 0.481. The van der Waals surface area contributed by atoms with Gasteiger partial charge in [-0.25, -0.2) is 0 Å². The molecule has 0 saturated heterocycles. The van der Waals surface area contributed by atoms with E-state index in [0.717, 1.165) is 11.3 Å². The van der Waals surface area contributed by atoms with Crippen LogP contribution in [-0.2, 0) is 19.5 Å². The van der Waals surface area contributed by atoms with Crippen LogP contribution in [0.2, 0.25) is 0 Å². The molecule has 0 aliphatic heterocycles. The number of hydrogen-bond donors (Lipinski definition) is 0. The zero-order valence-electron chi connectivity index (χ0n) is 6.13. The molecule has 0 aliphatic carbocycles. The van der Waals surface area contributed by atoms with E-state index in [2.05, 4.69) is 6.92 Å². The van der Waals surface area contributed by atoms with Crippen LogP contribution in [0, 0.1) is 6.92 Å². The summed E-state index contributed by atoms with van der Waals surface area (Å²) in [7, 11) is 1.64. The second-order valence-corrected chi connectivity index (χ2v) is 1.81. The molecule has 10 heavy (non-hydrogen) atoms. The maximum atomic E-state index is 4.98. The third kappa shape index (κ3) is 2.04. The Hall–Kier alpha value is -0.487. The molecule has 0 saturated carbocycles. The van der Waals surface area contributed by atoms with E-state index in [1.54, 1.807) is 7.11 Å². The van der Waals surface area contributed by atoms with Crippen LogP contribution in [0.15, 0.2) is 24.3 Å². The summed E-state index contributed by atoms with van der Waals surface area (Å²) in [5.41, 5.74) is 0.931. The van der Waals surface area contributed by atoms with E-state index in [9.17, 15) is 0 Å². The van der Waals surface area contributed by atoms with Crippen LogP contribution < -0.4 is 4.74 Å². The second-order valence-electron chi connectivity index (χ2n) is 1.81. The summed E-state index contributed by atoms with van der Waals surface area (Å²) in [5.74, 6) is 0.845. The first-order chi connectivity index (χ1) is 4.34. The maximum absolute atomic E-state index is 4.98. The molecule has 50 valence electrons. The van der Waals surface area contributed by atoms with Crippen LogP contribution in [0.3, 0.4) is 0 Å². The monoisotopic (exact) mass is 185 g/mol. The number of benzene rings is 1. The van der Waals surface area contributed by atoms with Crippen molar-refractivity contribution in [2.24, 2.45) is 0 Å². The predicted molar refractivity (Wildman–Crippen MR) is 37.5 cm³/mol. The molecular formula is C8H9OZn-. The smallest absolute Gasteiger partial charge is 0.0607 e. The van der Waals surface area contributed by atoms with Crippen molar-refractivity contribution in [3.05, 3.63) is 36.8 Å². The first-order valence-electron chi connectivity index (χ1n) is 2.79. The molecule has 0 bridgehead atoms. The summed E-state index contributed by atoms with van der Waals surface area (Å²) in [5, 5.41) is 0. The molecule has 0 aromatic heterocycles. The van der Waals surface area contributed by atoms with Crippen LogP contribution in [0.25, 0.3) is 0 Å². The van der Waals surface area contributed by atoms with E-state index < -0.39 is 0 Å². The number of hydrogen-bond acceptors (Lipinski definition) is 1. The number of para-hydroxylation sites is 1. The van der Waals surface area contributed by atoms with Crippen molar-refractivity contribution < 1.29 is 24.2 Å². The largest absolute Gasteiger partial charge is 0.554 e. The van der Waals surface area contributed by atoms with Crippen LogP contribution in [0.5, 0.6) is 5.75 Å². The molecule has 0 spiro atoms. The molecule has 0 radical (unpaired) electrons. The Balaban J connectivity index is 0.000000810. The van der Waals surface area contributed by atoms with Gasteiger partial charge < -0.3 is 4.74 Å². The fourth-order valence-corrected chi connectivity index (χ4v) is 0.703. The minimum atomic E-state index is 0. The zero-order valence-corrected chi connectivity index (χ0v) is 9.10. The van der Waals surface area contributed by atoms with Gasteiger partial charge >= 0.3 is 0 Å². The van der Waals surface area contributed by atoms with Gasteiger partial charge in [0.25, 0.3) is 0 Å². The number of methoxy groups -OCH3 is 1. The van der Waals surface area contributed by atoms with E-state index in [1.165, 1.54) is 0 Å². The van der Waals surface area contributed by atoms with E-state index in [1.807, 2.05) is 24.3 Å². The van der Waals surface area contributed by atoms with Crippen molar-refractivity contribution in [2.45, 2.75) is 0 Å². The molecule has 0 unspecified atom stereocenters. The maximum Gasteiger partial charge on any atom is 0.0607 e. The van der Waals surface area contributed by atoms with E-state index in [0.29, 0.717) is 0 Å². The summed E-state index contributed by atoms with van der Waals surface area (Å²) in [6.45, 7) is 3.77. The number of rotatable bonds is 1. The van der Waals surface area contributed by atoms with E-state index >= 15 is 0 Å². The minimum absolute atomic E-state index is 0. The van der Waals surface area contributed by atoms with Crippen molar-refractivity contribution in [2.75, 3.05) is 7.11 Å². The number of ether oxygens (including phenoxy) is 1. The Morgan fingerprint density at radius 1 is 1.30 bits per heavy atom. The Bertz CT molecular complexity index is 198. The summed E-state index contributed by atoms with van der Waals surface area (Å²) in [6.07, 6.45) is 0. The Morgan fingerprint density at radius 3 is 2.30 bits per heavy atom. The van der Waals surface area contributed by atoms with E-state index in [-0.39, 0.29) is 19.5 Å². The van der Waals surface area contributed by atoms with Crippen LogP contribution in [0.4, 0.5) is 0 Å². The fourth-order valence-electron chi connectivity index (χ4n) is 0.703. The van der Waals surface area contributed by atoms with Crippen molar-refractivity contribution >= 4 is 0 Å². The molecule has 1 aromatic rings. The van der Waals surface area contributed by atoms with Gasteiger partial charge in [-0.05, 0) is 0 Å². The van der Waals surface area contributed by atoms with Crippen molar-refractivity contribution in [3.63, 3.8) is 0 Å². The molecule has 2 heteroatoms. The van der Waals surface area contributed by atoms with Gasteiger partial charge in [-0.2, -0.15) is 18.6 Å². The minimum Gasteiger partial charge on any atom is -0.554 e. The van der Waals surface area contributed by atoms with Crippen molar-refractivity contribution in [1.29, 1.82) is 0 Å². The van der Waals surface area contributed by atoms with Crippen LogP contribution >= 0.6 is 0 Å². The summed E-state index contributed by atoms with van der Waals surface area (Å²) in [4.78, 5) is 0. The Morgan fingerprint density at radius 2 is 1.90 bits per heavy atom. The first-order valence-corrected chi connectivity index (χ1v) is 2.79. The molecule has 1 aromatic carbocycles. The summed E-state index contributed by atoms with van der Waals surface area (Å²) in [6, 6.07) is 7.67. The van der Waals surface area contributed by atoms with Gasteiger partial charge in [-0.3, -0.25) is 0 Å². The second kappa shape index (κ2) is 4.35. The van der Waals surface area contributed by atoms with E-state index in [4.69, 9.17) is 4.74 Å². The molecule has 1 nitrogen and oxygen atoms in total. The Kier molecular flexibility index (Phi) is 4.14.